The van der Waals surface area contributed by atoms with Gasteiger partial charge in [-0.15, -0.1) is 0 Å². The number of hydrogen-bond donors (Lipinski definition) is 1. The Kier molecular flexibility index (Phi) is 2.16. The van der Waals surface area contributed by atoms with E-state index in [4.69, 9.17) is 0 Å². The molecule has 0 unspecified atom stereocenters. The van der Waals surface area contributed by atoms with Gasteiger partial charge in [0, 0.05) is 18.0 Å². The molecule has 86 valence electrons. The average Bonchev–Trinajstić information content (AvgIpc) is 2.85. The minimum atomic E-state index is -0.0303. The predicted molar refractivity (Wildman–Crippen MR) is 69.4 cm³/mol. The van der Waals surface area contributed by atoms with E-state index in [-0.39, 0.29) is 4.87 Å². The molecule has 2 heterocycles. The first kappa shape index (κ1) is 10.3. The van der Waals surface area contributed by atoms with Crippen molar-refractivity contribution in [3.63, 3.8) is 0 Å². The Balaban J connectivity index is 2.23. The van der Waals surface area contributed by atoms with Crippen molar-refractivity contribution >= 4 is 22.4 Å². The molecule has 0 amide bonds. The number of hydrogen-bond acceptors (Lipinski definition) is 3. The Labute approximate surface area is 102 Å². The Morgan fingerprint density at radius 2 is 2.24 bits per heavy atom. The molecule has 2 aromatic heterocycles. The number of benzene rings is 1. The fourth-order valence-corrected chi connectivity index (χ4v) is 2.50. The maximum atomic E-state index is 11.1. The molecule has 0 aliphatic rings. The van der Waals surface area contributed by atoms with Gasteiger partial charge < -0.3 is 9.55 Å². The van der Waals surface area contributed by atoms with Crippen LogP contribution in [0.5, 0.6) is 0 Å². The molecular formula is C12H11N3OS. The van der Waals surface area contributed by atoms with E-state index in [9.17, 15) is 4.79 Å². The second-order valence-electron chi connectivity index (χ2n) is 3.98. The van der Waals surface area contributed by atoms with Crippen LogP contribution < -0.4 is 4.87 Å². The van der Waals surface area contributed by atoms with Crippen LogP contribution in [-0.2, 0) is 7.05 Å². The minimum Gasteiger partial charge on any atom is -0.331 e. The number of fused-ring (bicyclic) bond motifs is 1. The number of aromatic amines is 1. The number of nitrogens with one attached hydrogen (secondary N) is 1. The zero-order valence-electron chi connectivity index (χ0n) is 9.52. The summed E-state index contributed by atoms with van der Waals surface area (Å²) in [5, 5.41) is 1.83. The summed E-state index contributed by atoms with van der Waals surface area (Å²) in [5.74, 6) is 0.982. The summed E-state index contributed by atoms with van der Waals surface area (Å²) >= 11 is 1.18. The fourth-order valence-electron chi connectivity index (χ4n) is 1.91. The quantitative estimate of drug-likeness (QED) is 0.715. The molecule has 0 fully saturated rings. The van der Waals surface area contributed by atoms with E-state index < -0.39 is 0 Å². The molecule has 0 spiro atoms. The van der Waals surface area contributed by atoms with Crippen molar-refractivity contribution in [3.8, 4) is 11.3 Å². The van der Waals surface area contributed by atoms with E-state index in [1.54, 1.807) is 0 Å². The largest absolute Gasteiger partial charge is 0.331 e. The first-order valence-corrected chi connectivity index (χ1v) is 6.14. The number of nitrogens with zero attached hydrogens (tertiary/aromatic N) is 2. The summed E-state index contributed by atoms with van der Waals surface area (Å²) in [7, 11) is 2.00. The van der Waals surface area contributed by atoms with Crippen LogP contribution in [0.25, 0.3) is 22.3 Å². The number of thiazole rings is 1. The molecule has 0 aliphatic carbocycles. The molecule has 3 rings (SSSR count). The summed E-state index contributed by atoms with van der Waals surface area (Å²) in [5.41, 5.74) is 3.90. The Bertz CT molecular complexity index is 751. The summed E-state index contributed by atoms with van der Waals surface area (Å²) in [6.07, 6.45) is 0. The molecule has 0 aliphatic heterocycles. The molecule has 5 heteroatoms. The van der Waals surface area contributed by atoms with Gasteiger partial charge in [0.15, 0.2) is 0 Å². The molecule has 0 bridgehead atoms. The molecule has 0 atom stereocenters. The zero-order chi connectivity index (χ0) is 12.0. The summed E-state index contributed by atoms with van der Waals surface area (Å²) < 4.78 is 2.05. The molecule has 17 heavy (non-hydrogen) atoms. The van der Waals surface area contributed by atoms with Crippen LogP contribution in [0.2, 0.25) is 0 Å². The Morgan fingerprint density at radius 1 is 1.41 bits per heavy atom. The lowest BCUT2D eigenvalue weighted by Crippen LogP contribution is -1.92. The van der Waals surface area contributed by atoms with Crippen molar-refractivity contribution in [2.75, 3.05) is 0 Å². The summed E-state index contributed by atoms with van der Waals surface area (Å²) in [6.45, 7) is 1.98. The van der Waals surface area contributed by atoms with Crippen molar-refractivity contribution in [2.24, 2.45) is 7.05 Å². The molecule has 4 nitrogen and oxygen atoms in total. The second kappa shape index (κ2) is 3.56. The van der Waals surface area contributed by atoms with Crippen LogP contribution >= 0.6 is 11.3 Å². The van der Waals surface area contributed by atoms with E-state index in [2.05, 4.69) is 14.5 Å². The average molecular weight is 245 g/mol. The number of aryl methyl sites for hydroxylation is 2. The fraction of sp³-hybridized carbons (Fsp3) is 0.167. The van der Waals surface area contributed by atoms with Crippen molar-refractivity contribution in [1.29, 1.82) is 0 Å². The highest BCUT2D eigenvalue weighted by Crippen LogP contribution is 2.23. The van der Waals surface area contributed by atoms with Crippen LogP contribution in [-0.4, -0.2) is 14.5 Å². The highest BCUT2D eigenvalue weighted by atomic mass is 32.1. The van der Waals surface area contributed by atoms with Crippen molar-refractivity contribution in [2.45, 2.75) is 6.92 Å². The normalized spacial score (nSPS) is 11.2. The first-order valence-electron chi connectivity index (χ1n) is 5.26. The molecule has 0 saturated heterocycles. The van der Waals surface area contributed by atoms with Crippen LogP contribution in [0, 0.1) is 6.92 Å². The molecule has 0 radical (unpaired) electrons. The van der Waals surface area contributed by atoms with Gasteiger partial charge in [-0.25, -0.2) is 4.98 Å². The maximum Gasteiger partial charge on any atom is 0.304 e. The Hall–Kier alpha value is -1.88. The van der Waals surface area contributed by atoms with E-state index >= 15 is 0 Å². The van der Waals surface area contributed by atoms with E-state index in [1.807, 2.05) is 37.6 Å². The molecule has 3 aromatic rings. The van der Waals surface area contributed by atoms with Crippen molar-refractivity contribution in [3.05, 3.63) is 39.1 Å². The van der Waals surface area contributed by atoms with Crippen LogP contribution in [0.1, 0.15) is 5.82 Å². The number of aromatic nitrogens is 3. The predicted octanol–water partition coefficient (Wildman–Crippen LogP) is 2.30. The molecule has 1 aromatic carbocycles. The van der Waals surface area contributed by atoms with Crippen LogP contribution in [0.15, 0.2) is 28.4 Å². The lowest BCUT2D eigenvalue weighted by molar-refractivity contribution is 0.886. The third-order valence-electron chi connectivity index (χ3n) is 2.94. The van der Waals surface area contributed by atoms with Gasteiger partial charge in [0.2, 0.25) is 0 Å². The summed E-state index contributed by atoms with van der Waals surface area (Å²) in [4.78, 5) is 18.4. The second-order valence-corrected chi connectivity index (χ2v) is 4.83. The van der Waals surface area contributed by atoms with Gasteiger partial charge in [0.25, 0.3) is 0 Å². The SMILES string of the molecule is Cc1nc2cc(-c3csc(=O)[nH]3)ccc2n1C. The Morgan fingerprint density at radius 3 is 2.94 bits per heavy atom. The maximum absolute atomic E-state index is 11.1. The molecule has 0 saturated carbocycles. The highest BCUT2D eigenvalue weighted by molar-refractivity contribution is 7.07. The van der Waals surface area contributed by atoms with Gasteiger partial charge in [-0.05, 0) is 19.1 Å². The van der Waals surface area contributed by atoms with Crippen molar-refractivity contribution in [1.82, 2.24) is 14.5 Å². The molecule has 1 N–H and O–H groups in total. The first-order chi connectivity index (χ1) is 8.15. The minimum absolute atomic E-state index is 0.0303. The standard InChI is InChI=1S/C12H11N3OS/c1-7-13-9-5-8(3-4-11(9)15(7)2)10-6-17-12(16)14-10/h3-6H,1-2H3,(H,14,16). The van der Waals surface area contributed by atoms with E-state index in [1.165, 1.54) is 11.3 Å². The number of rotatable bonds is 1. The van der Waals surface area contributed by atoms with Gasteiger partial charge in [-0.3, -0.25) is 4.79 Å². The zero-order valence-corrected chi connectivity index (χ0v) is 10.3. The van der Waals surface area contributed by atoms with Crippen LogP contribution in [0.4, 0.5) is 0 Å². The smallest absolute Gasteiger partial charge is 0.304 e. The third kappa shape index (κ3) is 1.59. The summed E-state index contributed by atoms with van der Waals surface area (Å²) in [6, 6.07) is 6.03. The van der Waals surface area contributed by atoms with Gasteiger partial charge in [0.05, 0.1) is 16.7 Å². The van der Waals surface area contributed by atoms with Gasteiger partial charge in [-0.2, -0.15) is 0 Å². The van der Waals surface area contributed by atoms with E-state index in [0.717, 1.165) is 28.1 Å². The number of H-pyrrole nitrogens is 1. The highest BCUT2D eigenvalue weighted by Gasteiger charge is 2.06. The number of imidazole rings is 1. The van der Waals surface area contributed by atoms with Gasteiger partial charge in [0.1, 0.15) is 5.82 Å². The molecular weight excluding hydrogens is 234 g/mol. The van der Waals surface area contributed by atoms with E-state index in [0.29, 0.717) is 0 Å². The topological polar surface area (TPSA) is 50.7 Å². The monoisotopic (exact) mass is 245 g/mol. The van der Waals surface area contributed by atoms with Crippen molar-refractivity contribution < 1.29 is 0 Å². The third-order valence-corrected chi connectivity index (χ3v) is 3.61. The van der Waals surface area contributed by atoms with Gasteiger partial charge >= 0.3 is 4.87 Å². The van der Waals surface area contributed by atoms with Crippen LogP contribution in [0.3, 0.4) is 0 Å². The lowest BCUT2D eigenvalue weighted by atomic mass is 10.1. The lowest BCUT2D eigenvalue weighted by Gasteiger charge is -1.99. The van der Waals surface area contributed by atoms with Gasteiger partial charge in [-0.1, -0.05) is 17.4 Å².